The molecule has 3 aromatic rings. The lowest BCUT2D eigenvalue weighted by Gasteiger charge is -2.18. The Bertz CT molecular complexity index is 1250. The third-order valence-corrected chi connectivity index (χ3v) is 5.78. The predicted octanol–water partition coefficient (Wildman–Crippen LogP) is 4.75. The van der Waals surface area contributed by atoms with Crippen molar-refractivity contribution in [3.05, 3.63) is 48.5 Å². The predicted molar refractivity (Wildman–Crippen MR) is 120 cm³/mol. The summed E-state index contributed by atoms with van der Waals surface area (Å²) < 4.78 is 46.5. The van der Waals surface area contributed by atoms with Gasteiger partial charge in [-0.15, -0.1) is 0 Å². The van der Waals surface area contributed by atoms with E-state index >= 15 is 0 Å². The van der Waals surface area contributed by atoms with Crippen molar-refractivity contribution < 1.29 is 27.5 Å². The molecule has 2 N–H and O–H groups in total. The maximum Gasteiger partial charge on any atom is 0.394 e. The monoisotopic (exact) mass is 488 g/mol. The third-order valence-electron chi connectivity index (χ3n) is 5.78. The fourth-order valence-electron chi connectivity index (χ4n) is 3.55. The highest BCUT2D eigenvalue weighted by atomic mass is 19.4. The van der Waals surface area contributed by atoms with Gasteiger partial charge in [0, 0.05) is 37.5 Å². The minimum absolute atomic E-state index is 0.0118. The summed E-state index contributed by atoms with van der Waals surface area (Å²) >= 11 is 0. The van der Waals surface area contributed by atoms with E-state index in [1.54, 1.807) is 42.2 Å². The van der Waals surface area contributed by atoms with Crippen LogP contribution in [0.2, 0.25) is 0 Å². The summed E-state index contributed by atoms with van der Waals surface area (Å²) in [5, 5.41) is 8.56. The molecule has 0 spiro atoms. The number of anilines is 1. The molecule has 1 saturated carbocycles. The number of carbonyl (C=O) groups excluding carboxylic acids is 2. The Kier molecular flexibility index (Phi) is 6.46. The molecule has 0 bridgehead atoms. The third kappa shape index (κ3) is 5.76. The van der Waals surface area contributed by atoms with Crippen LogP contribution in [0.4, 0.5) is 23.8 Å². The van der Waals surface area contributed by atoms with Crippen LogP contribution in [0.3, 0.4) is 0 Å². The number of rotatable bonds is 7. The van der Waals surface area contributed by atoms with Crippen LogP contribution in [0.15, 0.2) is 42.9 Å². The quantitative estimate of drug-likeness (QED) is 0.497. The molecule has 1 aliphatic carbocycles. The number of nitrogens with one attached hydrogen (secondary N) is 2. The molecule has 0 radical (unpaired) electrons. The molecule has 4 rings (SSSR count). The van der Waals surface area contributed by atoms with Crippen LogP contribution in [0.1, 0.15) is 31.4 Å². The fourth-order valence-corrected chi connectivity index (χ4v) is 3.55. The number of urea groups is 1. The molecule has 0 atom stereocenters. The van der Waals surface area contributed by atoms with E-state index in [0.29, 0.717) is 22.9 Å². The van der Waals surface area contributed by atoms with Gasteiger partial charge in [0.15, 0.2) is 0 Å². The molecular weight excluding hydrogens is 465 g/mol. The van der Waals surface area contributed by atoms with E-state index in [1.807, 2.05) is 18.6 Å². The molecule has 3 aromatic heterocycles. The Morgan fingerprint density at radius 3 is 2.63 bits per heavy atom. The van der Waals surface area contributed by atoms with Gasteiger partial charge >= 0.3 is 12.2 Å². The van der Waals surface area contributed by atoms with Crippen molar-refractivity contribution in [2.24, 2.45) is 12.5 Å². The largest absolute Gasteiger partial charge is 0.455 e. The summed E-state index contributed by atoms with van der Waals surface area (Å²) in [6.07, 6.45) is 0.0885. The maximum absolute atomic E-state index is 13.0. The molecule has 184 valence electrons. The van der Waals surface area contributed by atoms with Crippen LogP contribution in [0.5, 0.6) is 11.5 Å². The zero-order chi connectivity index (χ0) is 25.2. The Morgan fingerprint density at radius 2 is 2.00 bits per heavy atom. The second-order valence-electron chi connectivity index (χ2n) is 8.44. The molecule has 1 fully saturated rings. The van der Waals surface area contributed by atoms with Gasteiger partial charge in [-0.25, -0.2) is 9.78 Å². The van der Waals surface area contributed by atoms with Gasteiger partial charge in [0.05, 0.1) is 23.0 Å². The summed E-state index contributed by atoms with van der Waals surface area (Å²) in [6, 6.07) is 5.66. The molecular formula is C23H23F3N6O3. The molecule has 12 heteroatoms. The van der Waals surface area contributed by atoms with E-state index in [2.05, 4.69) is 20.4 Å². The topological polar surface area (TPSA) is 111 Å². The number of hydrogen-bond acceptors (Lipinski definition) is 6. The number of pyridine rings is 2. The average molecular weight is 488 g/mol. The van der Waals surface area contributed by atoms with Gasteiger partial charge in [0.2, 0.25) is 5.91 Å². The zero-order valence-electron chi connectivity index (χ0n) is 19.0. The Hall–Kier alpha value is -3.96. The number of aromatic nitrogens is 4. The lowest BCUT2D eigenvalue weighted by Crippen LogP contribution is -2.35. The number of ether oxygens (including phenoxy) is 1. The van der Waals surface area contributed by atoms with Crippen LogP contribution in [-0.2, 0) is 11.8 Å². The fraction of sp³-hybridized carbons (Fsp3) is 0.348. The van der Waals surface area contributed by atoms with Crippen LogP contribution in [-0.4, -0.2) is 37.9 Å². The summed E-state index contributed by atoms with van der Waals surface area (Å²) in [7, 11) is 1.81. The first kappa shape index (κ1) is 24.2. The molecule has 0 aliphatic heterocycles. The first-order chi connectivity index (χ1) is 16.5. The van der Waals surface area contributed by atoms with E-state index in [0.717, 1.165) is 5.56 Å². The molecule has 0 aromatic carbocycles. The standard InChI is InChI=1S/C23H23F3N6O3/c1-14-18(35-16-6-10-27-17(11-16)15-12-28-32(2)13-15)3-4-19(29-14)30-21(34)31-20(33)5-7-22(8-9-22)23(24,25)26/h3-4,6,10-13H,5,7-9H2,1-2H3,(H2,29,30,31,33,34). The van der Waals surface area contributed by atoms with E-state index in [-0.39, 0.29) is 31.5 Å². The van der Waals surface area contributed by atoms with Gasteiger partial charge in [0.1, 0.15) is 17.3 Å². The smallest absolute Gasteiger partial charge is 0.394 e. The number of hydrogen-bond donors (Lipinski definition) is 2. The molecule has 3 amide bonds. The van der Waals surface area contributed by atoms with Crippen molar-refractivity contribution in [3.63, 3.8) is 0 Å². The summed E-state index contributed by atoms with van der Waals surface area (Å²) in [5.74, 6) is 0.342. The average Bonchev–Trinajstić information content (AvgIpc) is 3.48. The summed E-state index contributed by atoms with van der Waals surface area (Å²) in [4.78, 5) is 32.5. The zero-order valence-corrected chi connectivity index (χ0v) is 19.0. The lowest BCUT2D eigenvalue weighted by molar-refractivity contribution is -0.189. The van der Waals surface area contributed by atoms with Crippen molar-refractivity contribution in [3.8, 4) is 22.8 Å². The molecule has 0 unspecified atom stereocenters. The second kappa shape index (κ2) is 9.35. The number of aryl methyl sites for hydroxylation is 2. The normalized spacial score (nSPS) is 14.3. The molecule has 0 saturated heterocycles. The molecule has 3 heterocycles. The lowest BCUT2D eigenvalue weighted by atomic mass is 9.99. The maximum atomic E-state index is 13.0. The van der Waals surface area contributed by atoms with E-state index in [1.165, 1.54) is 6.07 Å². The van der Waals surface area contributed by atoms with Gasteiger partial charge in [-0.05, 0) is 44.4 Å². The van der Waals surface area contributed by atoms with Crippen LogP contribution in [0.25, 0.3) is 11.3 Å². The van der Waals surface area contributed by atoms with Crippen LogP contribution >= 0.6 is 0 Å². The van der Waals surface area contributed by atoms with Gasteiger partial charge in [0.25, 0.3) is 0 Å². The highest BCUT2D eigenvalue weighted by molar-refractivity contribution is 6.00. The molecule has 9 nitrogen and oxygen atoms in total. The second-order valence-corrected chi connectivity index (χ2v) is 8.44. The van der Waals surface area contributed by atoms with Gasteiger partial charge < -0.3 is 4.74 Å². The van der Waals surface area contributed by atoms with Crippen molar-refractivity contribution in [2.75, 3.05) is 5.32 Å². The van der Waals surface area contributed by atoms with E-state index in [9.17, 15) is 22.8 Å². The van der Waals surface area contributed by atoms with Gasteiger partial charge in [-0.3, -0.25) is 25.1 Å². The first-order valence-electron chi connectivity index (χ1n) is 10.8. The van der Waals surface area contributed by atoms with Crippen LogP contribution in [0, 0.1) is 12.3 Å². The number of nitrogens with zero attached hydrogens (tertiary/aromatic N) is 4. The SMILES string of the molecule is Cc1nc(NC(=O)NC(=O)CCC2(C(F)(F)F)CC2)ccc1Oc1ccnc(-c2cnn(C)c2)c1. The van der Waals surface area contributed by atoms with E-state index < -0.39 is 23.5 Å². The van der Waals surface area contributed by atoms with Crippen molar-refractivity contribution >= 4 is 17.8 Å². The van der Waals surface area contributed by atoms with Gasteiger partial charge in [-0.1, -0.05) is 0 Å². The number of imide groups is 1. The van der Waals surface area contributed by atoms with E-state index in [4.69, 9.17) is 4.74 Å². The number of carbonyl (C=O) groups is 2. The molecule has 1 aliphatic rings. The summed E-state index contributed by atoms with van der Waals surface area (Å²) in [6.45, 7) is 1.68. The number of halogens is 3. The number of alkyl halides is 3. The number of amides is 3. The highest BCUT2D eigenvalue weighted by Crippen LogP contribution is 2.60. The van der Waals surface area contributed by atoms with Crippen LogP contribution < -0.4 is 15.4 Å². The highest BCUT2D eigenvalue weighted by Gasteiger charge is 2.62. The van der Waals surface area contributed by atoms with Gasteiger partial charge in [-0.2, -0.15) is 18.3 Å². The van der Waals surface area contributed by atoms with Crippen molar-refractivity contribution in [1.82, 2.24) is 25.1 Å². The first-order valence-corrected chi connectivity index (χ1v) is 10.8. The van der Waals surface area contributed by atoms with Crippen molar-refractivity contribution in [1.29, 1.82) is 0 Å². The minimum Gasteiger partial charge on any atom is -0.455 e. The summed E-state index contributed by atoms with van der Waals surface area (Å²) in [5.41, 5.74) is 0.195. The Balaban J connectivity index is 1.32. The minimum atomic E-state index is -4.34. The Morgan fingerprint density at radius 1 is 1.23 bits per heavy atom. The molecule has 35 heavy (non-hydrogen) atoms. The Labute approximate surface area is 198 Å². The van der Waals surface area contributed by atoms with Crippen molar-refractivity contribution in [2.45, 2.75) is 38.8 Å².